The minimum absolute atomic E-state index is 0.135. The number of hydrogen-bond acceptors (Lipinski definition) is 6. The standard InChI is InChI=1S/C18H26N2O4S/c1-19-7-9-22-11-13-24-14-12-23-10-8-20-18(21)17-4-2-16(3-5-17)6-15-25/h2-5,19,25H,7-14H2,1H3,(H,20,21). The van der Waals surface area contributed by atoms with Gasteiger partial charge in [0.1, 0.15) is 0 Å². The van der Waals surface area contributed by atoms with Crippen LogP contribution in [0.4, 0.5) is 0 Å². The van der Waals surface area contributed by atoms with E-state index in [1.165, 1.54) is 0 Å². The molecule has 0 heterocycles. The Labute approximate surface area is 155 Å². The number of amides is 1. The van der Waals surface area contributed by atoms with Crippen LogP contribution in [0.2, 0.25) is 0 Å². The van der Waals surface area contributed by atoms with Crippen LogP contribution in [0.1, 0.15) is 15.9 Å². The number of hydrogen-bond donors (Lipinski definition) is 3. The Bertz CT molecular complexity index is 540. The molecule has 1 aromatic rings. The van der Waals surface area contributed by atoms with Gasteiger partial charge in [-0.2, -0.15) is 0 Å². The highest BCUT2D eigenvalue weighted by molar-refractivity contribution is 7.85. The highest BCUT2D eigenvalue weighted by Crippen LogP contribution is 2.03. The molecule has 0 saturated heterocycles. The average Bonchev–Trinajstić information content (AvgIpc) is 2.63. The average molecular weight is 366 g/mol. The second kappa shape index (κ2) is 14.8. The second-order valence-corrected chi connectivity index (χ2v) is 5.23. The molecule has 25 heavy (non-hydrogen) atoms. The van der Waals surface area contributed by atoms with Crippen LogP contribution in [0, 0.1) is 11.2 Å². The molecule has 0 atom stereocenters. The van der Waals surface area contributed by atoms with Crippen molar-refractivity contribution in [3.05, 3.63) is 35.4 Å². The van der Waals surface area contributed by atoms with E-state index in [1.54, 1.807) is 24.3 Å². The van der Waals surface area contributed by atoms with Crippen molar-refractivity contribution in [2.75, 3.05) is 59.8 Å². The van der Waals surface area contributed by atoms with Crippen LogP contribution >= 0.6 is 12.6 Å². The maximum absolute atomic E-state index is 11.9. The third-order valence-electron chi connectivity index (χ3n) is 3.12. The largest absolute Gasteiger partial charge is 0.378 e. The normalized spacial score (nSPS) is 10.2. The third-order valence-corrected chi connectivity index (χ3v) is 3.23. The molecule has 1 rings (SSSR count). The zero-order valence-corrected chi connectivity index (χ0v) is 15.4. The summed E-state index contributed by atoms with van der Waals surface area (Å²) < 4.78 is 16.1. The molecule has 138 valence electrons. The lowest BCUT2D eigenvalue weighted by Crippen LogP contribution is -2.27. The number of nitrogens with one attached hydrogen (secondary N) is 2. The summed E-state index contributed by atoms with van der Waals surface area (Å²) in [5, 5.41) is 8.32. The Morgan fingerprint density at radius 1 is 0.960 bits per heavy atom. The van der Waals surface area contributed by atoms with E-state index in [1.807, 2.05) is 7.05 Å². The fourth-order valence-electron chi connectivity index (χ4n) is 1.82. The lowest BCUT2D eigenvalue weighted by Gasteiger charge is -2.08. The van der Waals surface area contributed by atoms with Gasteiger partial charge < -0.3 is 24.8 Å². The van der Waals surface area contributed by atoms with E-state index in [0.717, 1.165) is 12.1 Å². The Balaban J connectivity index is 1.98. The zero-order valence-electron chi connectivity index (χ0n) is 14.5. The maximum Gasteiger partial charge on any atom is 0.251 e. The molecule has 0 saturated carbocycles. The van der Waals surface area contributed by atoms with E-state index >= 15 is 0 Å². The van der Waals surface area contributed by atoms with Crippen molar-refractivity contribution in [1.82, 2.24) is 10.6 Å². The summed E-state index contributed by atoms with van der Waals surface area (Å²) in [7, 11) is 1.88. The van der Waals surface area contributed by atoms with Crippen molar-refractivity contribution in [3.63, 3.8) is 0 Å². The first-order chi connectivity index (χ1) is 12.3. The molecule has 0 aromatic heterocycles. The fourth-order valence-corrected chi connectivity index (χ4v) is 1.95. The van der Waals surface area contributed by atoms with Crippen molar-refractivity contribution in [2.24, 2.45) is 0 Å². The molecular weight excluding hydrogens is 340 g/mol. The lowest BCUT2D eigenvalue weighted by atomic mass is 10.1. The second-order valence-electron chi connectivity index (χ2n) is 5.01. The van der Waals surface area contributed by atoms with E-state index in [9.17, 15) is 4.79 Å². The van der Waals surface area contributed by atoms with E-state index in [-0.39, 0.29) is 5.91 Å². The van der Waals surface area contributed by atoms with Crippen molar-refractivity contribution >= 4 is 18.5 Å². The number of likely N-dealkylation sites (N-methyl/N-ethyl adjacent to an activating group) is 1. The van der Waals surface area contributed by atoms with Gasteiger partial charge in [0.15, 0.2) is 0 Å². The Morgan fingerprint density at radius 2 is 1.52 bits per heavy atom. The van der Waals surface area contributed by atoms with E-state index in [4.69, 9.17) is 14.2 Å². The number of carbonyl (C=O) groups is 1. The molecule has 7 heteroatoms. The summed E-state index contributed by atoms with van der Waals surface area (Å²) in [5.74, 6) is 2.67. The van der Waals surface area contributed by atoms with Crippen molar-refractivity contribution in [3.8, 4) is 11.2 Å². The molecule has 0 aliphatic heterocycles. The summed E-state index contributed by atoms with van der Waals surface area (Å²) in [6.07, 6.45) is 0. The van der Waals surface area contributed by atoms with Gasteiger partial charge >= 0.3 is 0 Å². The minimum atomic E-state index is -0.135. The quantitative estimate of drug-likeness (QED) is 0.275. The Hall–Kier alpha value is -1.56. The van der Waals surface area contributed by atoms with Crippen LogP contribution in [0.15, 0.2) is 24.3 Å². The smallest absolute Gasteiger partial charge is 0.251 e. The SMILES string of the molecule is CNCCOCCOCCOCCNC(=O)c1ccc(C#CS)cc1. The molecular formula is C18H26N2O4S. The number of thiol groups is 1. The van der Waals surface area contributed by atoms with Crippen LogP contribution in [0.5, 0.6) is 0 Å². The molecule has 6 nitrogen and oxygen atoms in total. The highest BCUT2D eigenvalue weighted by Gasteiger charge is 2.04. The molecule has 2 N–H and O–H groups in total. The van der Waals surface area contributed by atoms with Gasteiger partial charge in [-0.15, -0.1) is 0 Å². The van der Waals surface area contributed by atoms with Crippen LogP contribution < -0.4 is 10.6 Å². The van der Waals surface area contributed by atoms with E-state index in [2.05, 4.69) is 34.4 Å². The van der Waals surface area contributed by atoms with Gasteiger partial charge in [0.05, 0.1) is 39.6 Å². The van der Waals surface area contributed by atoms with Crippen LogP contribution in [-0.4, -0.2) is 65.7 Å². The summed E-state index contributed by atoms with van der Waals surface area (Å²) in [6.45, 7) is 4.54. The number of rotatable bonds is 13. The lowest BCUT2D eigenvalue weighted by molar-refractivity contribution is 0.0159. The topological polar surface area (TPSA) is 68.8 Å². The van der Waals surface area contributed by atoms with Crippen LogP contribution in [0.3, 0.4) is 0 Å². The number of ether oxygens (including phenoxy) is 3. The molecule has 0 spiro atoms. The van der Waals surface area contributed by atoms with E-state index < -0.39 is 0 Å². The fraction of sp³-hybridized carbons (Fsp3) is 0.500. The third kappa shape index (κ3) is 10.8. The number of carbonyl (C=O) groups excluding carboxylic acids is 1. The molecule has 0 bridgehead atoms. The van der Waals surface area contributed by atoms with Crippen LogP contribution in [-0.2, 0) is 14.2 Å². The predicted octanol–water partition coefficient (Wildman–Crippen LogP) is 0.924. The van der Waals surface area contributed by atoms with Gasteiger partial charge in [0.2, 0.25) is 0 Å². The first kappa shape index (κ1) is 21.5. The molecule has 0 unspecified atom stereocenters. The van der Waals surface area contributed by atoms with Crippen molar-refractivity contribution in [1.29, 1.82) is 0 Å². The van der Waals surface area contributed by atoms with E-state index in [0.29, 0.717) is 51.7 Å². The first-order valence-corrected chi connectivity index (χ1v) is 8.64. The molecule has 1 amide bonds. The van der Waals surface area contributed by atoms with Gasteiger partial charge in [0, 0.05) is 24.2 Å². The van der Waals surface area contributed by atoms with Crippen LogP contribution in [0.25, 0.3) is 0 Å². The van der Waals surface area contributed by atoms with Gasteiger partial charge in [-0.1, -0.05) is 18.5 Å². The Kier molecular flexibility index (Phi) is 12.7. The van der Waals surface area contributed by atoms with Gasteiger partial charge in [-0.25, -0.2) is 0 Å². The molecule has 0 aliphatic rings. The molecule has 0 radical (unpaired) electrons. The summed E-state index contributed by atoms with van der Waals surface area (Å²) in [5.41, 5.74) is 1.41. The monoisotopic (exact) mass is 366 g/mol. The Morgan fingerprint density at radius 3 is 2.08 bits per heavy atom. The minimum Gasteiger partial charge on any atom is -0.378 e. The van der Waals surface area contributed by atoms with Gasteiger partial charge in [0.25, 0.3) is 5.91 Å². The summed E-state index contributed by atoms with van der Waals surface area (Å²) in [6, 6.07) is 7.04. The predicted molar refractivity (Wildman–Crippen MR) is 101 cm³/mol. The molecule has 0 fully saturated rings. The summed E-state index contributed by atoms with van der Waals surface area (Å²) >= 11 is 3.84. The van der Waals surface area contributed by atoms with Crippen molar-refractivity contribution in [2.45, 2.75) is 0 Å². The molecule has 1 aromatic carbocycles. The highest BCUT2D eigenvalue weighted by atomic mass is 32.1. The van der Waals surface area contributed by atoms with Crippen molar-refractivity contribution < 1.29 is 19.0 Å². The maximum atomic E-state index is 11.9. The van der Waals surface area contributed by atoms with Gasteiger partial charge in [-0.05, 0) is 36.6 Å². The number of benzene rings is 1. The summed E-state index contributed by atoms with van der Waals surface area (Å²) in [4.78, 5) is 11.9. The first-order valence-electron chi connectivity index (χ1n) is 8.19. The molecule has 0 aliphatic carbocycles. The van der Waals surface area contributed by atoms with Gasteiger partial charge in [-0.3, -0.25) is 4.79 Å². The zero-order chi connectivity index (χ0) is 18.2.